The van der Waals surface area contributed by atoms with Crippen LogP contribution in [0.1, 0.15) is 18.9 Å². The van der Waals surface area contributed by atoms with E-state index in [2.05, 4.69) is 4.72 Å². The number of benzene rings is 1. The summed E-state index contributed by atoms with van der Waals surface area (Å²) < 4.78 is 27.1. The summed E-state index contributed by atoms with van der Waals surface area (Å²) in [4.78, 5) is 2.15. The zero-order chi connectivity index (χ0) is 14.5. The molecule has 0 amide bonds. The zero-order valence-corrected chi connectivity index (χ0v) is 12.4. The van der Waals surface area contributed by atoms with Crippen LogP contribution >= 0.6 is 0 Å². The monoisotopic (exact) mass is 286 g/mol. The Labute approximate surface area is 115 Å². The van der Waals surface area contributed by atoms with E-state index in [0.717, 1.165) is 13.0 Å². The SMILES string of the molecule is CC(CCN(C)C)NS(=O)(=O)c1ccccc1CO. The molecule has 1 unspecified atom stereocenters. The van der Waals surface area contributed by atoms with Crippen LogP contribution in [0.5, 0.6) is 0 Å². The molecule has 0 aromatic heterocycles. The summed E-state index contributed by atoms with van der Waals surface area (Å²) in [6.45, 7) is 2.36. The molecule has 0 saturated heterocycles. The van der Waals surface area contributed by atoms with E-state index in [-0.39, 0.29) is 17.5 Å². The predicted octanol–water partition coefficient (Wildman–Crippen LogP) is 0.797. The molecule has 0 spiro atoms. The molecular weight excluding hydrogens is 264 g/mol. The summed E-state index contributed by atoms with van der Waals surface area (Å²) in [5.41, 5.74) is 0.412. The maximum absolute atomic E-state index is 12.2. The average molecular weight is 286 g/mol. The lowest BCUT2D eigenvalue weighted by Gasteiger charge is -2.17. The van der Waals surface area contributed by atoms with Crippen LogP contribution in [-0.4, -0.2) is 45.1 Å². The Hall–Kier alpha value is -0.950. The molecule has 0 aliphatic rings. The largest absolute Gasteiger partial charge is 0.392 e. The Kier molecular flexibility index (Phi) is 5.93. The lowest BCUT2D eigenvalue weighted by Crippen LogP contribution is -2.35. The third-order valence-corrected chi connectivity index (χ3v) is 4.49. The molecule has 1 rings (SSSR count). The molecule has 6 heteroatoms. The van der Waals surface area contributed by atoms with Crippen LogP contribution in [0.25, 0.3) is 0 Å². The number of rotatable bonds is 7. The smallest absolute Gasteiger partial charge is 0.241 e. The molecule has 0 heterocycles. The van der Waals surface area contributed by atoms with Crippen LogP contribution in [0.15, 0.2) is 29.2 Å². The molecule has 2 N–H and O–H groups in total. The lowest BCUT2D eigenvalue weighted by molar-refractivity contribution is 0.278. The van der Waals surface area contributed by atoms with Crippen LogP contribution in [-0.2, 0) is 16.6 Å². The van der Waals surface area contributed by atoms with E-state index in [1.807, 2.05) is 25.9 Å². The first-order chi connectivity index (χ1) is 8.86. The van der Waals surface area contributed by atoms with E-state index in [1.165, 1.54) is 6.07 Å². The Balaban J connectivity index is 2.81. The summed E-state index contributed by atoms with van der Waals surface area (Å²) in [6, 6.07) is 6.32. The second-order valence-corrected chi connectivity index (χ2v) is 6.56. The topological polar surface area (TPSA) is 69.6 Å². The number of aliphatic hydroxyl groups excluding tert-OH is 1. The minimum atomic E-state index is -3.58. The molecule has 0 aliphatic heterocycles. The number of aliphatic hydroxyl groups is 1. The van der Waals surface area contributed by atoms with Crippen LogP contribution in [0.4, 0.5) is 0 Å². The molecule has 0 radical (unpaired) electrons. The zero-order valence-electron chi connectivity index (χ0n) is 11.6. The number of hydrogen-bond donors (Lipinski definition) is 2. The van der Waals surface area contributed by atoms with E-state index < -0.39 is 10.0 Å². The van der Waals surface area contributed by atoms with Gasteiger partial charge in [-0.1, -0.05) is 18.2 Å². The van der Waals surface area contributed by atoms with Crippen molar-refractivity contribution in [2.75, 3.05) is 20.6 Å². The molecule has 1 aromatic rings. The van der Waals surface area contributed by atoms with Gasteiger partial charge in [0.15, 0.2) is 0 Å². The fourth-order valence-electron chi connectivity index (χ4n) is 1.74. The van der Waals surface area contributed by atoms with Gasteiger partial charge in [0.05, 0.1) is 11.5 Å². The normalized spacial score (nSPS) is 13.7. The summed E-state index contributed by atoms with van der Waals surface area (Å²) in [6.07, 6.45) is 0.730. The van der Waals surface area contributed by atoms with Crippen LogP contribution < -0.4 is 4.72 Å². The first-order valence-corrected chi connectivity index (χ1v) is 7.71. The van der Waals surface area contributed by atoms with Gasteiger partial charge in [0, 0.05) is 6.04 Å². The summed E-state index contributed by atoms with van der Waals surface area (Å²) >= 11 is 0. The van der Waals surface area contributed by atoms with Gasteiger partial charge in [0.25, 0.3) is 0 Å². The highest BCUT2D eigenvalue weighted by atomic mass is 32.2. The number of nitrogens with one attached hydrogen (secondary N) is 1. The molecule has 1 aromatic carbocycles. The van der Waals surface area contributed by atoms with E-state index in [9.17, 15) is 13.5 Å². The van der Waals surface area contributed by atoms with Crippen molar-refractivity contribution in [3.8, 4) is 0 Å². The molecule has 0 aliphatic carbocycles. The van der Waals surface area contributed by atoms with Gasteiger partial charge in [-0.3, -0.25) is 0 Å². The maximum atomic E-state index is 12.2. The summed E-state index contributed by atoms with van der Waals surface area (Å²) in [5.74, 6) is 0. The molecule has 5 nitrogen and oxygen atoms in total. The quantitative estimate of drug-likeness (QED) is 0.778. The predicted molar refractivity (Wildman–Crippen MR) is 75.3 cm³/mol. The van der Waals surface area contributed by atoms with Gasteiger partial charge in [-0.05, 0) is 45.6 Å². The fourth-order valence-corrected chi connectivity index (χ4v) is 3.25. The number of hydrogen-bond acceptors (Lipinski definition) is 4. The van der Waals surface area contributed by atoms with Crippen molar-refractivity contribution in [2.45, 2.75) is 30.9 Å². The van der Waals surface area contributed by atoms with Gasteiger partial charge >= 0.3 is 0 Å². The highest BCUT2D eigenvalue weighted by Crippen LogP contribution is 2.15. The van der Waals surface area contributed by atoms with E-state index in [4.69, 9.17) is 0 Å². The molecule has 0 saturated carbocycles. The molecule has 19 heavy (non-hydrogen) atoms. The Bertz CT molecular complexity index is 500. The van der Waals surface area contributed by atoms with Crippen LogP contribution in [0.2, 0.25) is 0 Å². The fraction of sp³-hybridized carbons (Fsp3) is 0.538. The van der Waals surface area contributed by atoms with Crippen molar-refractivity contribution in [3.63, 3.8) is 0 Å². The highest BCUT2D eigenvalue weighted by Gasteiger charge is 2.20. The molecule has 108 valence electrons. The Morgan fingerprint density at radius 2 is 1.95 bits per heavy atom. The maximum Gasteiger partial charge on any atom is 0.241 e. The van der Waals surface area contributed by atoms with E-state index in [1.54, 1.807) is 18.2 Å². The van der Waals surface area contributed by atoms with Crippen molar-refractivity contribution in [2.24, 2.45) is 0 Å². The van der Waals surface area contributed by atoms with Gasteiger partial charge in [0.1, 0.15) is 0 Å². The van der Waals surface area contributed by atoms with Crippen molar-refractivity contribution < 1.29 is 13.5 Å². The van der Waals surface area contributed by atoms with Crippen molar-refractivity contribution >= 4 is 10.0 Å². The molecule has 0 fully saturated rings. The minimum absolute atomic E-state index is 0.147. The van der Waals surface area contributed by atoms with E-state index in [0.29, 0.717) is 5.56 Å². The highest BCUT2D eigenvalue weighted by molar-refractivity contribution is 7.89. The standard InChI is InChI=1S/C13H22N2O3S/c1-11(8-9-15(2)3)14-19(17,18)13-7-5-4-6-12(13)10-16/h4-7,11,14,16H,8-10H2,1-3H3. The Morgan fingerprint density at radius 3 is 2.53 bits per heavy atom. The summed E-state index contributed by atoms with van der Waals surface area (Å²) in [7, 11) is 0.315. The third-order valence-electron chi connectivity index (χ3n) is 2.80. The van der Waals surface area contributed by atoms with Crippen molar-refractivity contribution in [1.29, 1.82) is 0 Å². The van der Waals surface area contributed by atoms with Crippen LogP contribution in [0.3, 0.4) is 0 Å². The lowest BCUT2D eigenvalue weighted by atomic mass is 10.2. The van der Waals surface area contributed by atoms with Gasteiger partial charge in [-0.15, -0.1) is 0 Å². The van der Waals surface area contributed by atoms with Crippen molar-refractivity contribution in [3.05, 3.63) is 29.8 Å². The number of nitrogens with zero attached hydrogens (tertiary/aromatic N) is 1. The molecular formula is C13H22N2O3S. The molecule has 1 atom stereocenters. The Morgan fingerprint density at radius 1 is 1.32 bits per heavy atom. The third kappa shape index (κ3) is 4.91. The second kappa shape index (κ2) is 7.00. The van der Waals surface area contributed by atoms with Gasteiger partial charge in [-0.25, -0.2) is 13.1 Å². The average Bonchev–Trinajstić information content (AvgIpc) is 2.35. The van der Waals surface area contributed by atoms with Gasteiger partial charge < -0.3 is 10.0 Å². The van der Waals surface area contributed by atoms with Gasteiger partial charge in [-0.2, -0.15) is 0 Å². The molecule has 0 bridgehead atoms. The van der Waals surface area contributed by atoms with E-state index >= 15 is 0 Å². The minimum Gasteiger partial charge on any atom is -0.392 e. The first-order valence-electron chi connectivity index (χ1n) is 6.22. The first kappa shape index (κ1) is 16.1. The second-order valence-electron chi connectivity index (χ2n) is 4.88. The van der Waals surface area contributed by atoms with Crippen LogP contribution in [0, 0.1) is 0 Å². The number of sulfonamides is 1. The van der Waals surface area contributed by atoms with Crippen molar-refractivity contribution in [1.82, 2.24) is 9.62 Å². The summed E-state index contributed by atoms with van der Waals surface area (Å²) in [5, 5.41) is 9.19. The van der Waals surface area contributed by atoms with Gasteiger partial charge in [0.2, 0.25) is 10.0 Å².